The summed E-state index contributed by atoms with van der Waals surface area (Å²) in [6.07, 6.45) is 3.82. The monoisotopic (exact) mass is 1130 g/mol. The molecule has 0 unspecified atom stereocenters. The molecule has 0 atom stereocenters. The zero-order chi connectivity index (χ0) is 59.5. The van der Waals surface area contributed by atoms with E-state index in [-0.39, 0.29) is 10.8 Å². The van der Waals surface area contributed by atoms with E-state index in [1.807, 2.05) is 12.4 Å². The molecular weight excluding hydrogens is 1060 g/mol. The van der Waals surface area contributed by atoms with Crippen molar-refractivity contribution in [1.82, 2.24) is 19.5 Å². The van der Waals surface area contributed by atoms with Crippen molar-refractivity contribution in [2.24, 2.45) is 0 Å². The van der Waals surface area contributed by atoms with Crippen LogP contribution in [0.3, 0.4) is 0 Å². The Morgan fingerprint density at radius 1 is 0.295 bits per heavy atom. The highest BCUT2D eigenvalue weighted by Gasteiger charge is 2.52. The van der Waals surface area contributed by atoms with Crippen LogP contribution in [0.1, 0.15) is 74.9 Å². The molecule has 2 aliphatic carbocycles. The lowest BCUT2D eigenvalue weighted by Crippen LogP contribution is -2.25. The summed E-state index contributed by atoms with van der Waals surface area (Å²) < 4.78 is 2.46. The minimum atomic E-state index is -0.439. The third-order valence-electron chi connectivity index (χ3n) is 18.6. The van der Waals surface area contributed by atoms with Crippen molar-refractivity contribution in [2.75, 3.05) is 0 Å². The molecule has 10 aromatic carbocycles. The van der Waals surface area contributed by atoms with E-state index < -0.39 is 5.41 Å². The first-order valence-electron chi connectivity index (χ1n) is 30.7. The van der Waals surface area contributed by atoms with Gasteiger partial charge in [0.25, 0.3) is 0 Å². The number of pyridine rings is 3. The van der Waals surface area contributed by atoms with Gasteiger partial charge in [-0.3, -0.25) is 9.97 Å². The van der Waals surface area contributed by atoms with Gasteiger partial charge in [0, 0.05) is 28.9 Å². The predicted octanol–water partition coefficient (Wildman–Crippen LogP) is 21.6. The van der Waals surface area contributed by atoms with Gasteiger partial charge >= 0.3 is 0 Å². The number of nitrogens with zero attached hydrogens (tertiary/aromatic N) is 4. The summed E-state index contributed by atoms with van der Waals surface area (Å²) in [5.74, 6) is 0. The molecule has 0 saturated heterocycles. The fraction of sp³-hybridized carbons (Fsp3) is 0.107. The molecule has 4 heteroatoms. The highest BCUT2D eigenvalue weighted by atomic mass is 15.0. The summed E-state index contributed by atoms with van der Waals surface area (Å²) in [5, 5.41) is 2.38. The lowest BCUT2D eigenvalue weighted by atomic mass is 9.70. The number of hydrogen-bond acceptors (Lipinski definition) is 3. The SMILES string of the molecule is CC(C)(C)c1ccnc(-c2cc(-c3ccc(-n4c5ccc(-c6cc(-c7ccccc7)cc(-c7ccccc7)c6)cc5c5cc(-c6cccc7c6-c6ccccc6C76c7ccccc7-c7ccccc76)ccc54)cc3)cc(-c3cc(C(C)(C)C)ccn3)n2)c1. The van der Waals surface area contributed by atoms with Crippen molar-refractivity contribution in [2.45, 2.75) is 57.8 Å². The minimum Gasteiger partial charge on any atom is -0.309 e. The van der Waals surface area contributed by atoms with Crippen LogP contribution in [0.25, 0.3) is 128 Å². The lowest BCUT2D eigenvalue weighted by Gasteiger charge is -2.30. The molecule has 2 aliphatic rings. The first-order chi connectivity index (χ1) is 42.9. The summed E-state index contributed by atoms with van der Waals surface area (Å²) >= 11 is 0. The van der Waals surface area contributed by atoms with Crippen molar-refractivity contribution in [1.29, 1.82) is 0 Å². The van der Waals surface area contributed by atoms with Gasteiger partial charge in [0.2, 0.25) is 0 Å². The largest absolute Gasteiger partial charge is 0.309 e. The Balaban J connectivity index is 0.885. The number of fused-ring (bicyclic) bond motifs is 13. The van der Waals surface area contributed by atoms with Gasteiger partial charge in [0.15, 0.2) is 0 Å². The van der Waals surface area contributed by atoms with E-state index in [2.05, 4.69) is 313 Å². The Labute approximate surface area is 515 Å². The Hall–Kier alpha value is -10.6. The molecule has 4 aromatic heterocycles. The average Bonchev–Trinajstić information content (AvgIpc) is 1.52. The molecule has 4 heterocycles. The molecule has 88 heavy (non-hydrogen) atoms. The second-order valence-corrected chi connectivity index (χ2v) is 26.0. The van der Waals surface area contributed by atoms with Crippen LogP contribution in [-0.2, 0) is 16.2 Å². The summed E-state index contributed by atoms with van der Waals surface area (Å²) in [6, 6.07) is 99.2. The van der Waals surface area contributed by atoms with E-state index in [0.717, 1.165) is 56.2 Å². The Morgan fingerprint density at radius 3 is 1.24 bits per heavy atom. The van der Waals surface area contributed by atoms with Crippen LogP contribution in [0.2, 0.25) is 0 Å². The molecule has 0 N–H and O–H groups in total. The molecule has 1 spiro atoms. The molecule has 0 saturated carbocycles. The summed E-state index contributed by atoms with van der Waals surface area (Å²) in [7, 11) is 0. The van der Waals surface area contributed by atoms with E-state index in [0.29, 0.717) is 0 Å². The highest BCUT2D eigenvalue weighted by Crippen LogP contribution is 2.64. The highest BCUT2D eigenvalue weighted by molar-refractivity contribution is 6.12. The smallest absolute Gasteiger partial charge is 0.0900 e. The van der Waals surface area contributed by atoms with Gasteiger partial charge in [-0.25, -0.2) is 4.98 Å². The van der Waals surface area contributed by atoms with Gasteiger partial charge in [-0.15, -0.1) is 0 Å². The van der Waals surface area contributed by atoms with Crippen LogP contribution in [-0.4, -0.2) is 19.5 Å². The third-order valence-corrected chi connectivity index (χ3v) is 18.6. The standard InChI is InChI=1S/C84H64N4/c1-82(2,3)62-40-42-85-75(51-62)77-49-61(50-78(87-77)76-52-63(41-43-86-76)83(4,5)6)55-32-36-64(37-33-55)88-79-38-34-56(60-45-58(53-20-9-7-10-21-53)44-59(46-60)54-22-11-8-12-23-54)47-69(79)70-48-57(35-39-80(70)88)65-27-19-31-74-81(65)68-26-15-18-30-73(68)84(74)71-28-16-13-24-66(71)67-25-14-17-29-72(67)84/h7-52H,1-6H3. The molecule has 4 nitrogen and oxygen atoms in total. The van der Waals surface area contributed by atoms with Crippen molar-refractivity contribution in [3.05, 3.63) is 313 Å². The van der Waals surface area contributed by atoms with E-state index in [4.69, 9.17) is 15.0 Å². The predicted molar refractivity (Wildman–Crippen MR) is 366 cm³/mol. The van der Waals surface area contributed by atoms with Crippen molar-refractivity contribution in [3.8, 4) is 106 Å². The van der Waals surface area contributed by atoms with Gasteiger partial charge in [-0.2, -0.15) is 0 Å². The molecule has 0 aliphatic heterocycles. The molecule has 0 bridgehead atoms. The fourth-order valence-electron chi connectivity index (χ4n) is 14.3. The summed E-state index contributed by atoms with van der Waals surface area (Å²) in [6.45, 7) is 13.4. The topological polar surface area (TPSA) is 43.6 Å². The van der Waals surface area contributed by atoms with Crippen LogP contribution >= 0.6 is 0 Å². The first kappa shape index (κ1) is 53.0. The number of hydrogen-bond donors (Lipinski definition) is 0. The second-order valence-electron chi connectivity index (χ2n) is 26.0. The maximum atomic E-state index is 5.31. The zero-order valence-electron chi connectivity index (χ0n) is 50.3. The van der Waals surface area contributed by atoms with Gasteiger partial charge < -0.3 is 4.57 Å². The fourth-order valence-corrected chi connectivity index (χ4v) is 14.3. The van der Waals surface area contributed by atoms with Crippen molar-refractivity contribution < 1.29 is 0 Å². The Bertz CT molecular complexity index is 4910. The van der Waals surface area contributed by atoms with E-state index >= 15 is 0 Å². The first-order valence-corrected chi connectivity index (χ1v) is 30.7. The number of benzene rings is 10. The molecule has 0 amide bonds. The van der Waals surface area contributed by atoms with Crippen LogP contribution in [0.5, 0.6) is 0 Å². The van der Waals surface area contributed by atoms with Gasteiger partial charge in [-0.05, 0) is 213 Å². The Morgan fingerprint density at radius 2 is 0.705 bits per heavy atom. The van der Waals surface area contributed by atoms with Gasteiger partial charge in [0.1, 0.15) is 0 Å². The Kier molecular flexibility index (Phi) is 12.2. The molecule has 14 aromatic rings. The lowest BCUT2D eigenvalue weighted by molar-refractivity contribution is 0.589. The quantitative estimate of drug-likeness (QED) is 0.152. The molecule has 0 radical (unpaired) electrons. The molecular formula is C84H64N4. The summed E-state index contributed by atoms with van der Waals surface area (Å²) in [4.78, 5) is 15.1. The zero-order valence-corrected chi connectivity index (χ0v) is 50.3. The van der Waals surface area contributed by atoms with Crippen LogP contribution in [0, 0.1) is 0 Å². The number of aromatic nitrogens is 4. The van der Waals surface area contributed by atoms with E-state index in [1.54, 1.807) is 0 Å². The van der Waals surface area contributed by atoms with Crippen LogP contribution < -0.4 is 0 Å². The molecule has 420 valence electrons. The third kappa shape index (κ3) is 8.61. The van der Waals surface area contributed by atoms with Crippen LogP contribution in [0.15, 0.2) is 279 Å². The van der Waals surface area contributed by atoms with Crippen molar-refractivity contribution >= 4 is 21.8 Å². The number of rotatable bonds is 8. The normalized spacial score (nSPS) is 13.0. The van der Waals surface area contributed by atoms with Crippen LogP contribution in [0.4, 0.5) is 0 Å². The average molecular weight is 1130 g/mol. The molecule has 16 rings (SSSR count). The summed E-state index contributed by atoms with van der Waals surface area (Å²) in [5.41, 5.74) is 30.7. The maximum absolute atomic E-state index is 5.31. The second kappa shape index (κ2) is 20.3. The van der Waals surface area contributed by atoms with Gasteiger partial charge in [0.05, 0.1) is 39.2 Å². The van der Waals surface area contributed by atoms with E-state index in [9.17, 15) is 0 Å². The van der Waals surface area contributed by atoms with E-state index in [1.165, 1.54) is 105 Å². The molecule has 0 fully saturated rings. The van der Waals surface area contributed by atoms with Gasteiger partial charge in [-0.1, -0.05) is 217 Å². The van der Waals surface area contributed by atoms with Crippen molar-refractivity contribution in [3.63, 3.8) is 0 Å². The minimum absolute atomic E-state index is 0.0564. The maximum Gasteiger partial charge on any atom is 0.0900 e.